The van der Waals surface area contributed by atoms with Gasteiger partial charge in [0.2, 0.25) is 5.96 Å². The highest BCUT2D eigenvalue weighted by Crippen LogP contribution is 2.29. The molecule has 5 rings (SSSR count). The number of nitrogens with zero attached hydrogens (tertiary/aromatic N) is 4. The van der Waals surface area contributed by atoms with Gasteiger partial charge in [0.15, 0.2) is 5.76 Å². The number of aryl methyl sites for hydroxylation is 2. The molecule has 2 amide bonds. The van der Waals surface area contributed by atoms with Gasteiger partial charge < -0.3 is 14.2 Å². The number of hydrogen-bond acceptors (Lipinski definition) is 5. The minimum absolute atomic E-state index is 0.0140. The number of hydrogen-bond donors (Lipinski definition) is 0. The van der Waals surface area contributed by atoms with Gasteiger partial charge in [-0.2, -0.15) is 0 Å². The number of piperazine rings is 1. The number of carbonyl (C=O) groups is 2. The Hall–Kier alpha value is -3.87. The highest BCUT2D eigenvalue weighted by Gasteiger charge is 2.40. The van der Waals surface area contributed by atoms with Crippen LogP contribution in [0.1, 0.15) is 27.2 Å². The first kappa shape index (κ1) is 21.9. The number of rotatable bonds is 4. The lowest BCUT2D eigenvalue weighted by atomic mass is 10.1. The molecule has 0 radical (unpaired) electrons. The Balaban J connectivity index is 1.40. The van der Waals surface area contributed by atoms with E-state index in [0.717, 1.165) is 22.4 Å². The van der Waals surface area contributed by atoms with Gasteiger partial charge in [-0.1, -0.05) is 48.0 Å². The third-order valence-corrected chi connectivity index (χ3v) is 6.42. The first-order valence-electron chi connectivity index (χ1n) is 11.6. The monoisotopic (exact) mass is 456 g/mol. The number of guanidine groups is 1. The van der Waals surface area contributed by atoms with Crippen molar-refractivity contribution in [3.8, 4) is 0 Å². The Morgan fingerprint density at radius 2 is 1.76 bits per heavy atom. The minimum atomic E-state index is -0.471. The van der Waals surface area contributed by atoms with Gasteiger partial charge in [0.25, 0.3) is 11.8 Å². The molecule has 7 nitrogen and oxygen atoms in total. The SMILES string of the molecule is Cc1ccc(N2C(=O)C(Cc3ccccc3)N=C2N2CCN(C(=O)c3ccco3)CC2)c(C)c1. The summed E-state index contributed by atoms with van der Waals surface area (Å²) in [6, 6.07) is 19.0. The van der Waals surface area contributed by atoms with Crippen LogP contribution in [0.15, 0.2) is 76.3 Å². The van der Waals surface area contributed by atoms with E-state index in [9.17, 15) is 9.59 Å². The number of carbonyl (C=O) groups excluding carboxylic acids is 2. The molecule has 1 unspecified atom stereocenters. The van der Waals surface area contributed by atoms with Crippen LogP contribution in [-0.2, 0) is 11.2 Å². The van der Waals surface area contributed by atoms with Crippen molar-refractivity contribution in [2.45, 2.75) is 26.3 Å². The third-order valence-electron chi connectivity index (χ3n) is 6.42. The molecular weight excluding hydrogens is 428 g/mol. The van der Waals surface area contributed by atoms with E-state index < -0.39 is 6.04 Å². The maximum atomic E-state index is 13.6. The number of furan rings is 1. The van der Waals surface area contributed by atoms with Crippen molar-refractivity contribution in [3.63, 3.8) is 0 Å². The van der Waals surface area contributed by atoms with Crippen LogP contribution in [0.2, 0.25) is 0 Å². The van der Waals surface area contributed by atoms with Gasteiger partial charge >= 0.3 is 0 Å². The molecule has 0 saturated carbocycles. The predicted octanol–water partition coefficient (Wildman–Crippen LogP) is 3.67. The van der Waals surface area contributed by atoms with E-state index in [0.29, 0.717) is 44.3 Å². The average Bonchev–Trinajstić information content (AvgIpc) is 3.49. The molecule has 1 saturated heterocycles. The van der Waals surface area contributed by atoms with Crippen LogP contribution in [-0.4, -0.2) is 59.8 Å². The quantitative estimate of drug-likeness (QED) is 0.601. The van der Waals surface area contributed by atoms with Crippen molar-refractivity contribution >= 4 is 23.5 Å². The summed E-state index contributed by atoms with van der Waals surface area (Å²) in [4.78, 5) is 36.9. The van der Waals surface area contributed by atoms with Gasteiger partial charge in [0, 0.05) is 32.6 Å². The normalized spacial score (nSPS) is 18.4. The van der Waals surface area contributed by atoms with E-state index in [1.807, 2.05) is 56.3 Å². The van der Waals surface area contributed by atoms with Crippen LogP contribution in [0, 0.1) is 13.8 Å². The van der Waals surface area contributed by atoms with E-state index in [2.05, 4.69) is 11.0 Å². The van der Waals surface area contributed by atoms with Crippen molar-refractivity contribution in [2.24, 2.45) is 4.99 Å². The molecule has 7 heteroatoms. The fourth-order valence-electron chi connectivity index (χ4n) is 4.64. The Bertz CT molecular complexity index is 1210. The molecule has 34 heavy (non-hydrogen) atoms. The fourth-order valence-corrected chi connectivity index (χ4v) is 4.64. The molecule has 3 aromatic rings. The third kappa shape index (κ3) is 4.21. The van der Waals surface area contributed by atoms with Gasteiger partial charge in [-0.3, -0.25) is 9.59 Å². The lowest BCUT2D eigenvalue weighted by molar-refractivity contribution is -0.118. The van der Waals surface area contributed by atoms with Crippen molar-refractivity contribution < 1.29 is 14.0 Å². The lowest BCUT2D eigenvalue weighted by Crippen LogP contribution is -2.54. The molecule has 0 aliphatic carbocycles. The summed E-state index contributed by atoms with van der Waals surface area (Å²) in [6.07, 6.45) is 2.07. The zero-order chi connectivity index (χ0) is 23.7. The van der Waals surface area contributed by atoms with Crippen LogP contribution in [0.25, 0.3) is 0 Å². The second-order valence-corrected chi connectivity index (χ2v) is 8.85. The largest absolute Gasteiger partial charge is 0.459 e. The van der Waals surface area contributed by atoms with Gasteiger partial charge in [0.05, 0.1) is 12.0 Å². The molecule has 1 atom stereocenters. The van der Waals surface area contributed by atoms with Crippen molar-refractivity contribution in [1.29, 1.82) is 0 Å². The Labute approximate surface area is 199 Å². The molecular formula is C27H28N4O3. The van der Waals surface area contributed by atoms with Gasteiger partial charge in [-0.15, -0.1) is 0 Å². The molecule has 1 fully saturated rings. The molecule has 174 valence electrons. The molecule has 2 aliphatic rings. The zero-order valence-electron chi connectivity index (χ0n) is 19.5. The average molecular weight is 457 g/mol. The first-order valence-corrected chi connectivity index (χ1v) is 11.6. The summed E-state index contributed by atoms with van der Waals surface area (Å²) in [6.45, 7) is 6.34. The van der Waals surface area contributed by atoms with Gasteiger partial charge in [0.1, 0.15) is 6.04 Å². The summed E-state index contributed by atoms with van der Waals surface area (Å²) in [5.41, 5.74) is 4.13. The topological polar surface area (TPSA) is 69.4 Å². The number of anilines is 1. The van der Waals surface area contributed by atoms with Crippen molar-refractivity contribution in [3.05, 3.63) is 89.4 Å². The molecule has 0 bridgehead atoms. The Morgan fingerprint density at radius 3 is 2.44 bits per heavy atom. The first-order chi connectivity index (χ1) is 16.5. The highest BCUT2D eigenvalue weighted by atomic mass is 16.3. The summed E-state index contributed by atoms with van der Waals surface area (Å²) in [5, 5.41) is 0. The molecule has 3 heterocycles. The maximum Gasteiger partial charge on any atom is 0.289 e. The molecule has 1 aromatic heterocycles. The molecule has 0 spiro atoms. The zero-order valence-corrected chi connectivity index (χ0v) is 19.5. The Morgan fingerprint density at radius 1 is 1.00 bits per heavy atom. The summed E-state index contributed by atoms with van der Waals surface area (Å²) in [7, 11) is 0. The van der Waals surface area contributed by atoms with Crippen molar-refractivity contribution in [1.82, 2.24) is 9.80 Å². The highest BCUT2D eigenvalue weighted by molar-refractivity contribution is 6.22. The summed E-state index contributed by atoms with van der Waals surface area (Å²) in [5.74, 6) is 0.895. The lowest BCUT2D eigenvalue weighted by Gasteiger charge is -2.37. The van der Waals surface area contributed by atoms with E-state index >= 15 is 0 Å². The van der Waals surface area contributed by atoms with Crippen LogP contribution in [0.3, 0.4) is 0 Å². The smallest absolute Gasteiger partial charge is 0.289 e. The van der Waals surface area contributed by atoms with Gasteiger partial charge in [-0.25, -0.2) is 9.89 Å². The molecule has 0 N–H and O–H groups in total. The fraction of sp³-hybridized carbons (Fsp3) is 0.296. The number of amides is 2. The summed E-state index contributed by atoms with van der Waals surface area (Å²) >= 11 is 0. The van der Waals surface area contributed by atoms with Crippen LogP contribution >= 0.6 is 0 Å². The van der Waals surface area contributed by atoms with E-state index in [1.165, 1.54) is 6.26 Å². The molecule has 2 aliphatic heterocycles. The van der Waals surface area contributed by atoms with Crippen LogP contribution < -0.4 is 4.90 Å². The van der Waals surface area contributed by atoms with Crippen LogP contribution in [0.5, 0.6) is 0 Å². The molecule has 2 aromatic carbocycles. The number of benzene rings is 2. The number of aliphatic imine (C=N–C) groups is 1. The summed E-state index contributed by atoms with van der Waals surface area (Å²) < 4.78 is 5.28. The predicted molar refractivity (Wildman–Crippen MR) is 131 cm³/mol. The second kappa shape index (κ2) is 9.17. The Kier molecular flexibility index (Phi) is 5.92. The minimum Gasteiger partial charge on any atom is -0.459 e. The van der Waals surface area contributed by atoms with E-state index in [-0.39, 0.29) is 11.8 Å². The van der Waals surface area contributed by atoms with Gasteiger partial charge in [-0.05, 0) is 43.2 Å². The van der Waals surface area contributed by atoms with Crippen LogP contribution in [0.4, 0.5) is 5.69 Å². The second-order valence-electron chi connectivity index (χ2n) is 8.85. The maximum absolute atomic E-state index is 13.6. The van der Waals surface area contributed by atoms with E-state index in [1.54, 1.807) is 21.9 Å². The standard InChI is InChI=1S/C27H28N4O3/c1-19-10-11-23(20(2)17-19)31-25(32)22(18-21-7-4-3-5-8-21)28-27(31)30-14-12-29(13-15-30)26(33)24-9-6-16-34-24/h3-11,16-17,22H,12-15,18H2,1-2H3. The van der Waals surface area contributed by atoms with E-state index in [4.69, 9.17) is 9.41 Å². The van der Waals surface area contributed by atoms with Crippen molar-refractivity contribution in [2.75, 3.05) is 31.1 Å².